The van der Waals surface area contributed by atoms with Gasteiger partial charge in [-0.15, -0.1) is 30.4 Å². The molecule has 0 spiro atoms. The molecular formula is C45H54Cl4SiZr-2. The number of aryl methyl sites for hydroxylation is 2. The Kier molecular flexibility index (Phi) is 16.9. The predicted octanol–water partition coefficient (Wildman–Crippen LogP) is 13.1. The van der Waals surface area contributed by atoms with Crippen LogP contribution in [-0.4, -0.2) is 15.5 Å². The molecule has 0 N–H and O–H groups in total. The first-order valence-corrected chi connectivity index (χ1v) is 24.3. The van der Waals surface area contributed by atoms with Gasteiger partial charge in [-0.2, -0.15) is 51.7 Å². The van der Waals surface area contributed by atoms with Crippen LogP contribution in [0.2, 0.25) is 29.7 Å². The van der Waals surface area contributed by atoms with Crippen molar-refractivity contribution in [2.45, 2.75) is 92.3 Å². The van der Waals surface area contributed by atoms with Crippen LogP contribution in [0.5, 0.6) is 0 Å². The van der Waals surface area contributed by atoms with Gasteiger partial charge >= 0.3 is 123 Å². The van der Waals surface area contributed by atoms with Gasteiger partial charge in [0.2, 0.25) is 0 Å². The monoisotopic (exact) mass is 852 g/mol. The van der Waals surface area contributed by atoms with Crippen molar-refractivity contribution in [2.24, 2.45) is 0 Å². The van der Waals surface area contributed by atoms with Gasteiger partial charge in [-0.1, -0.05) is 110 Å². The minimum atomic E-state index is -1.06. The standard InChI is InChI=1S/C21H25.C10H17Si.2C7H5Cl.2ClH.Zr/c1-20(2,3)16-9-7-14-11-15-8-10-17(21(4,5)6)13-19(15)18(14)12-16;1-8-6-9(2)10(7-8)11(3,4)5;2*1-6-2-4-7(8)5-3-6;;;/h7,9-10,12-13H,11H2,1-6H3;6-7H,1-5H3;2*1-5H;2*1H;/q2*-1;;;;;. The summed E-state index contributed by atoms with van der Waals surface area (Å²) in [5.74, 6) is 0. The normalized spacial score (nSPS) is 11.5. The van der Waals surface area contributed by atoms with Crippen LogP contribution in [-0.2, 0) is 39.5 Å². The minimum absolute atomic E-state index is 0. The molecule has 51 heavy (non-hydrogen) atoms. The van der Waals surface area contributed by atoms with Gasteiger partial charge in [0.05, 0.1) is 0 Å². The third kappa shape index (κ3) is 13.2. The van der Waals surface area contributed by atoms with Crippen molar-refractivity contribution in [3.05, 3.63) is 152 Å². The van der Waals surface area contributed by atoms with Gasteiger partial charge in [-0.05, 0) is 17.4 Å². The van der Waals surface area contributed by atoms with E-state index in [1.165, 1.54) is 55.6 Å². The molecule has 0 saturated heterocycles. The van der Waals surface area contributed by atoms with Gasteiger partial charge in [0.15, 0.2) is 0 Å². The van der Waals surface area contributed by atoms with E-state index in [0.29, 0.717) is 0 Å². The summed E-state index contributed by atoms with van der Waals surface area (Å²) in [5.41, 5.74) is 14.2. The molecule has 5 aromatic carbocycles. The zero-order valence-electron chi connectivity index (χ0n) is 32.1. The van der Waals surface area contributed by atoms with E-state index in [-0.39, 0.29) is 35.6 Å². The molecule has 0 amide bonds. The summed E-state index contributed by atoms with van der Waals surface area (Å²) < 4.78 is 4.66. The Hall–Kier alpha value is -1.77. The second-order valence-electron chi connectivity index (χ2n) is 16.3. The van der Waals surface area contributed by atoms with Crippen molar-refractivity contribution in [1.82, 2.24) is 0 Å². The average Bonchev–Trinajstić information content (AvgIpc) is 3.57. The predicted molar refractivity (Wildman–Crippen MR) is 233 cm³/mol. The van der Waals surface area contributed by atoms with Gasteiger partial charge < -0.3 is 0 Å². The third-order valence-electron chi connectivity index (χ3n) is 8.82. The zero-order valence-corrected chi connectivity index (χ0v) is 38.7. The Morgan fingerprint density at radius 3 is 1.59 bits per heavy atom. The first kappa shape index (κ1) is 45.4. The first-order valence-electron chi connectivity index (χ1n) is 17.2. The fourth-order valence-corrected chi connectivity index (χ4v) is 10.2. The summed E-state index contributed by atoms with van der Waals surface area (Å²) in [7, 11) is -1.06. The van der Waals surface area contributed by atoms with Crippen LogP contribution in [0.25, 0.3) is 11.1 Å². The summed E-state index contributed by atoms with van der Waals surface area (Å²) in [4.78, 5) is 0. The topological polar surface area (TPSA) is 0 Å². The molecule has 6 rings (SSSR count). The van der Waals surface area contributed by atoms with Crippen LogP contribution in [0.3, 0.4) is 0 Å². The van der Waals surface area contributed by atoms with Crippen LogP contribution in [0.1, 0.15) is 86.1 Å². The molecule has 0 fully saturated rings. The van der Waals surface area contributed by atoms with Crippen molar-refractivity contribution >= 4 is 68.7 Å². The number of benzene rings is 4. The first-order chi connectivity index (χ1) is 22.8. The quantitative estimate of drug-likeness (QED) is 0.123. The van der Waals surface area contributed by atoms with Crippen molar-refractivity contribution < 1.29 is 22.3 Å². The number of hydrogen-bond acceptors (Lipinski definition) is 0. The van der Waals surface area contributed by atoms with Gasteiger partial charge in [0.25, 0.3) is 0 Å². The van der Waals surface area contributed by atoms with Crippen LogP contribution in [0.4, 0.5) is 0 Å². The molecular weight excluding hydrogens is 802 g/mol. The third-order valence-corrected chi connectivity index (χ3v) is 13.9. The summed E-state index contributed by atoms with van der Waals surface area (Å²) in [6, 6.07) is 35.6. The summed E-state index contributed by atoms with van der Waals surface area (Å²) >= 11 is 11.0. The molecule has 0 radical (unpaired) electrons. The average molecular weight is 856 g/mol. The van der Waals surface area contributed by atoms with Gasteiger partial charge in [-0.25, -0.2) is 6.07 Å². The molecule has 0 aliphatic heterocycles. The molecule has 5 aromatic rings. The molecule has 0 heterocycles. The Balaban J connectivity index is 0.000000272. The summed E-state index contributed by atoms with van der Waals surface area (Å²) in [6.07, 6.45) is 1.03. The van der Waals surface area contributed by atoms with E-state index in [4.69, 9.17) is 23.2 Å². The Bertz CT molecular complexity index is 1830. The van der Waals surface area contributed by atoms with E-state index in [2.05, 4.69) is 155 Å². The molecule has 1 aliphatic carbocycles. The van der Waals surface area contributed by atoms with Crippen molar-refractivity contribution in [1.29, 1.82) is 0 Å². The SMILES string of the molecule is CC(C)(C)c1c[c-]c2c(c1)-c1cc(C(C)(C)C)ccc1C2.Cc1cc([Si](C)(C)C)c(C)[cH-]1.Cl.Cl.Clc1ccc([CH]=[Zr]=[CH]c2ccc(Cl)cc2)cc1. The molecule has 6 heteroatoms. The molecule has 0 unspecified atom stereocenters. The molecule has 272 valence electrons. The van der Waals surface area contributed by atoms with E-state index in [1.807, 2.05) is 24.3 Å². The Morgan fingerprint density at radius 2 is 1.18 bits per heavy atom. The second-order valence-corrected chi connectivity index (χ2v) is 24.4. The van der Waals surface area contributed by atoms with E-state index in [1.54, 1.807) is 5.19 Å². The van der Waals surface area contributed by atoms with E-state index in [0.717, 1.165) is 16.5 Å². The number of hydrogen-bond donors (Lipinski definition) is 0. The molecule has 0 bridgehead atoms. The van der Waals surface area contributed by atoms with E-state index >= 15 is 0 Å². The van der Waals surface area contributed by atoms with Gasteiger partial charge in [0, 0.05) is 8.07 Å². The molecule has 0 saturated carbocycles. The molecule has 1 aliphatic rings. The Labute approximate surface area is 343 Å². The van der Waals surface area contributed by atoms with Crippen LogP contribution >= 0.6 is 48.0 Å². The zero-order chi connectivity index (χ0) is 36.1. The van der Waals surface area contributed by atoms with E-state index in [9.17, 15) is 0 Å². The maximum atomic E-state index is 5.84. The number of fused-ring (bicyclic) bond motifs is 3. The summed E-state index contributed by atoms with van der Waals surface area (Å²) in [6.45, 7) is 25.2. The number of rotatable bonds is 3. The van der Waals surface area contributed by atoms with Crippen molar-refractivity contribution in [3.8, 4) is 11.1 Å². The second kappa shape index (κ2) is 19.0. The van der Waals surface area contributed by atoms with Crippen molar-refractivity contribution in [3.63, 3.8) is 0 Å². The van der Waals surface area contributed by atoms with Gasteiger partial charge in [-0.3, -0.25) is 0 Å². The van der Waals surface area contributed by atoms with Crippen LogP contribution in [0, 0.1) is 19.9 Å². The number of halogens is 4. The fraction of sp³-hybridized carbons (Fsp3) is 0.311. The molecule has 0 aromatic heterocycles. The Morgan fingerprint density at radius 1 is 0.686 bits per heavy atom. The summed E-state index contributed by atoms with van der Waals surface area (Å²) in [5, 5.41) is 3.19. The van der Waals surface area contributed by atoms with Crippen molar-refractivity contribution in [2.75, 3.05) is 0 Å². The molecule has 0 atom stereocenters. The van der Waals surface area contributed by atoms with E-state index < -0.39 is 30.3 Å². The van der Waals surface area contributed by atoms with Crippen LogP contribution < -0.4 is 5.19 Å². The molecule has 0 nitrogen and oxygen atoms in total. The fourth-order valence-electron chi connectivity index (χ4n) is 5.95. The van der Waals surface area contributed by atoms with Gasteiger partial charge in [0.1, 0.15) is 0 Å². The van der Waals surface area contributed by atoms with Crippen LogP contribution in [0.15, 0.2) is 91.0 Å². The maximum absolute atomic E-state index is 5.84.